The van der Waals surface area contributed by atoms with E-state index in [-0.39, 0.29) is 25.3 Å². The van der Waals surface area contributed by atoms with Crippen molar-refractivity contribution in [3.05, 3.63) is 0 Å². The van der Waals surface area contributed by atoms with Gasteiger partial charge >= 0.3 is 15.2 Å². The van der Waals surface area contributed by atoms with Gasteiger partial charge in [-0.3, -0.25) is 14.5 Å². The normalized spacial score (nSPS) is 19.4. The van der Waals surface area contributed by atoms with Gasteiger partial charge in [0.05, 0.1) is 0 Å². The van der Waals surface area contributed by atoms with Crippen molar-refractivity contribution < 1.29 is 28.7 Å². The van der Waals surface area contributed by atoms with Crippen molar-refractivity contribution in [2.45, 2.75) is 38.1 Å². The molecule has 0 aromatic rings. The Bertz CT molecular complexity index is 461. The third-order valence-corrected chi connectivity index (χ3v) is 8.19. The molecule has 0 radical (unpaired) electrons. The predicted octanol–water partition coefficient (Wildman–Crippen LogP) is 0.758. The van der Waals surface area contributed by atoms with Gasteiger partial charge in [0.1, 0.15) is 0 Å². The summed E-state index contributed by atoms with van der Waals surface area (Å²) in [6.45, 7) is 4.37. The molecule has 0 aromatic carbocycles. The zero-order valence-corrected chi connectivity index (χ0v) is 13.9. The number of nitrogens with one attached hydrogen (secondary N) is 1. The maximum atomic E-state index is 11.9. The van der Waals surface area contributed by atoms with Crippen LogP contribution in [0.1, 0.15) is 33.1 Å². The van der Waals surface area contributed by atoms with Gasteiger partial charge in [0, 0.05) is 19.6 Å². The monoisotopic (exact) mass is 343 g/mol. The fourth-order valence-electron chi connectivity index (χ4n) is 2.69. The van der Waals surface area contributed by atoms with Crippen molar-refractivity contribution in [2.75, 3.05) is 19.6 Å². The SMILES string of the molecule is CCN(CC)C(=N)N1CCCCC1(P(=O)(O)O)P(=O)(O)O. The maximum absolute atomic E-state index is 11.9. The van der Waals surface area contributed by atoms with Crippen LogP contribution >= 0.6 is 15.2 Å². The summed E-state index contributed by atoms with van der Waals surface area (Å²) in [6.07, 6.45) is 0.467. The number of rotatable bonds is 4. The van der Waals surface area contributed by atoms with Crippen molar-refractivity contribution in [2.24, 2.45) is 0 Å². The van der Waals surface area contributed by atoms with E-state index >= 15 is 0 Å². The summed E-state index contributed by atoms with van der Waals surface area (Å²) in [4.78, 5) is 41.0. The second kappa shape index (κ2) is 6.36. The van der Waals surface area contributed by atoms with E-state index in [1.807, 2.05) is 0 Å². The minimum Gasteiger partial charge on any atom is -0.344 e. The van der Waals surface area contributed by atoms with Crippen molar-refractivity contribution in [3.8, 4) is 0 Å². The van der Waals surface area contributed by atoms with Crippen LogP contribution in [0.3, 0.4) is 0 Å². The van der Waals surface area contributed by atoms with Crippen molar-refractivity contribution in [3.63, 3.8) is 0 Å². The molecule has 0 saturated carbocycles. The van der Waals surface area contributed by atoms with Crippen LogP contribution < -0.4 is 0 Å². The van der Waals surface area contributed by atoms with Crippen molar-refractivity contribution in [1.29, 1.82) is 5.41 Å². The van der Waals surface area contributed by atoms with E-state index in [1.165, 1.54) is 4.90 Å². The molecule has 0 spiro atoms. The lowest BCUT2D eigenvalue weighted by atomic mass is 10.1. The highest BCUT2D eigenvalue weighted by molar-refractivity contribution is 7.72. The molecule has 21 heavy (non-hydrogen) atoms. The molecule has 1 aliphatic rings. The fourth-order valence-corrected chi connectivity index (χ4v) is 5.97. The molecule has 1 saturated heterocycles. The van der Waals surface area contributed by atoms with E-state index in [0.717, 1.165) is 4.90 Å². The largest absolute Gasteiger partial charge is 0.363 e. The van der Waals surface area contributed by atoms with Gasteiger partial charge < -0.3 is 29.4 Å². The molecule has 5 N–H and O–H groups in total. The summed E-state index contributed by atoms with van der Waals surface area (Å²) >= 11 is 0. The molecule has 0 aromatic heterocycles. The van der Waals surface area contributed by atoms with E-state index in [4.69, 9.17) is 5.41 Å². The summed E-state index contributed by atoms with van der Waals surface area (Å²) in [7, 11) is -10.3. The smallest absolute Gasteiger partial charge is 0.344 e. The van der Waals surface area contributed by atoms with Gasteiger partial charge in [-0.1, -0.05) is 0 Å². The van der Waals surface area contributed by atoms with E-state index < -0.39 is 20.2 Å². The van der Waals surface area contributed by atoms with E-state index in [2.05, 4.69) is 0 Å². The number of nitrogens with zero attached hydrogens (tertiary/aromatic N) is 2. The van der Waals surface area contributed by atoms with E-state index in [0.29, 0.717) is 19.5 Å². The molecule has 1 heterocycles. The Kier molecular flexibility index (Phi) is 5.64. The zero-order chi connectivity index (χ0) is 16.5. The highest BCUT2D eigenvalue weighted by Gasteiger charge is 2.65. The summed E-state index contributed by atoms with van der Waals surface area (Å²) in [6, 6.07) is 0. The highest BCUT2D eigenvalue weighted by atomic mass is 31.2. The minimum atomic E-state index is -5.17. The van der Waals surface area contributed by atoms with Crippen LogP contribution in [0.5, 0.6) is 0 Å². The Hall–Kier alpha value is -0.430. The lowest BCUT2D eigenvalue weighted by Gasteiger charge is -2.49. The molecule has 0 bridgehead atoms. The first-order chi connectivity index (χ1) is 9.53. The molecule has 124 valence electrons. The van der Waals surface area contributed by atoms with Gasteiger partial charge in [0.25, 0.3) is 0 Å². The molecule has 1 aliphatic heterocycles. The first kappa shape index (κ1) is 18.6. The van der Waals surface area contributed by atoms with Gasteiger partial charge in [-0.2, -0.15) is 0 Å². The molecule has 11 heteroatoms. The van der Waals surface area contributed by atoms with Crippen LogP contribution in [0.2, 0.25) is 0 Å². The standard InChI is InChI=1S/C10H23N3O6P2/c1-3-12(4-2)9(11)13-8-6-5-7-10(13,20(14,15)16)21(17,18)19/h11H,3-8H2,1-2H3,(H2,14,15,16)(H2,17,18,19). The summed E-state index contributed by atoms with van der Waals surface area (Å²) in [5.74, 6) is -0.258. The lowest BCUT2D eigenvalue weighted by Crippen LogP contribution is -2.58. The second-order valence-corrected chi connectivity index (χ2v) is 8.98. The molecule has 0 unspecified atom stereocenters. The Morgan fingerprint density at radius 1 is 1.14 bits per heavy atom. The molecular weight excluding hydrogens is 320 g/mol. The first-order valence-electron chi connectivity index (χ1n) is 6.75. The second-order valence-electron chi connectivity index (χ2n) is 4.97. The van der Waals surface area contributed by atoms with Gasteiger partial charge in [-0.15, -0.1) is 0 Å². The quantitative estimate of drug-likeness (QED) is 0.286. The predicted molar refractivity (Wildman–Crippen MR) is 78.0 cm³/mol. The van der Waals surface area contributed by atoms with Gasteiger partial charge in [-0.25, -0.2) is 0 Å². The van der Waals surface area contributed by atoms with Crippen LogP contribution in [0.4, 0.5) is 0 Å². The number of hydrogen-bond donors (Lipinski definition) is 5. The van der Waals surface area contributed by atoms with Crippen LogP contribution in [0.25, 0.3) is 0 Å². The Labute approximate surface area is 123 Å². The van der Waals surface area contributed by atoms with E-state index in [9.17, 15) is 28.7 Å². The molecular formula is C10H23N3O6P2. The van der Waals surface area contributed by atoms with Crippen LogP contribution in [-0.2, 0) is 9.13 Å². The van der Waals surface area contributed by atoms with Crippen LogP contribution in [-0.4, -0.2) is 60.0 Å². The molecule has 1 fully saturated rings. The minimum absolute atomic E-state index is 0.0333. The summed E-state index contributed by atoms with van der Waals surface area (Å²) in [5, 5.41) is 5.49. The zero-order valence-electron chi connectivity index (χ0n) is 12.1. The van der Waals surface area contributed by atoms with Gasteiger partial charge in [0.15, 0.2) is 5.96 Å². The Balaban J connectivity index is 3.41. The van der Waals surface area contributed by atoms with Crippen LogP contribution in [0, 0.1) is 5.41 Å². The topological polar surface area (TPSA) is 145 Å². The third kappa shape index (κ3) is 3.18. The third-order valence-electron chi connectivity index (χ3n) is 3.83. The molecule has 0 amide bonds. The first-order valence-corrected chi connectivity index (χ1v) is 9.97. The molecule has 0 atom stereocenters. The number of piperidine rings is 1. The average molecular weight is 343 g/mol. The Morgan fingerprint density at radius 2 is 1.62 bits per heavy atom. The van der Waals surface area contributed by atoms with E-state index in [1.54, 1.807) is 13.8 Å². The molecule has 0 aliphatic carbocycles. The fraction of sp³-hybridized carbons (Fsp3) is 0.900. The maximum Gasteiger partial charge on any atom is 0.363 e. The number of guanidine groups is 1. The summed E-state index contributed by atoms with van der Waals surface area (Å²) < 4.78 is 23.8. The lowest BCUT2D eigenvalue weighted by molar-refractivity contribution is 0.165. The molecule has 9 nitrogen and oxygen atoms in total. The van der Waals surface area contributed by atoms with Crippen molar-refractivity contribution >= 4 is 21.2 Å². The number of hydrogen-bond acceptors (Lipinski definition) is 3. The Morgan fingerprint density at radius 3 is 2.00 bits per heavy atom. The average Bonchev–Trinajstić information content (AvgIpc) is 2.37. The van der Waals surface area contributed by atoms with Crippen molar-refractivity contribution in [1.82, 2.24) is 9.80 Å². The van der Waals surface area contributed by atoms with Crippen LogP contribution in [0.15, 0.2) is 0 Å². The molecule has 1 rings (SSSR count). The number of likely N-dealkylation sites (tertiary alicyclic amines) is 1. The van der Waals surface area contributed by atoms with Gasteiger partial charge in [-0.05, 0) is 33.1 Å². The highest BCUT2D eigenvalue weighted by Crippen LogP contribution is 2.73. The summed E-state index contributed by atoms with van der Waals surface area (Å²) in [5.41, 5.74) is 0. The van der Waals surface area contributed by atoms with Gasteiger partial charge in [0.2, 0.25) is 5.02 Å².